The quantitative estimate of drug-likeness (QED) is 0.795. The Hall–Kier alpha value is -0.0800. The van der Waals surface area contributed by atoms with Gasteiger partial charge in [0.05, 0.1) is 0 Å². The minimum absolute atomic E-state index is 0.822. The second kappa shape index (κ2) is 6.02. The average Bonchev–Trinajstić information content (AvgIpc) is 2.82. The fraction of sp³-hybridized carbons (Fsp3) is 1.00. The monoisotopic (exact) mass is 224 g/mol. The number of nitrogens with two attached hydrogens (primary N) is 1. The fourth-order valence-electron chi connectivity index (χ4n) is 3.68. The van der Waals surface area contributed by atoms with Crippen LogP contribution in [0, 0.1) is 11.8 Å². The molecule has 0 spiro atoms. The van der Waals surface area contributed by atoms with Gasteiger partial charge in [0, 0.05) is 12.6 Å². The van der Waals surface area contributed by atoms with Gasteiger partial charge in [-0.15, -0.1) is 0 Å². The summed E-state index contributed by atoms with van der Waals surface area (Å²) in [6.07, 6.45) is 9.91. The third-order valence-corrected chi connectivity index (χ3v) is 4.78. The van der Waals surface area contributed by atoms with Gasteiger partial charge in [-0.1, -0.05) is 12.8 Å². The van der Waals surface area contributed by atoms with E-state index in [0.29, 0.717) is 0 Å². The first kappa shape index (κ1) is 12.4. The lowest BCUT2D eigenvalue weighted by Crippen LogP contribution is -2.44. The lowest BCUT2D eigenvalue weighted by atomic mass is 9.90. The zero-order chi connectivity index (χ0) is 11.4. The van der Waals surface area contributed by atoms with E-state index in [1.165, 1.54) is 58.0 Å². The van der Waals surface area contributed by atoms with Crippen molar-refractivity contribution in [3.05, 3.63) is 0 Å². The first-order valence-electron chi connectivity index (χ1n) is 7.25. The van der Waals surface area contributed by atoms with E-state index in [2.05, 4.69) is 11.8 Å². The molecular weight excluding hydrogens is 196 g/mol. The number of likely N-dealkylation sites (tertiary alicyclic amines) is 1. The maximum Gasteiger partial charge on any atom is 0.00953 e. The summed E-state index contributed by atoms with van der Waals surface area (Å²) in [5.74, 6) is 1.86. The van der Waals surface area contributed by atoms with Crippen LogP contribution in [0.2, 0.25) is 0 Å². The Labute approximate surface area is 101 Å². The first-order valence-corrected chi connectivity index (χ1v) is 7.25. The Bertz CT molecular complexity index is 197. The molecule has 2 atom stereocenters. The molecule has 2 unspecified atom stereocenters. The smallest absolute Gasteiger partial charge is 0.00953 e. The van der Waals surface area contributed by atoms with E-state index in [-0.39, 0.29) is 0 Å². The summed E-state index contributed by atoms with van der Waals surface area (Å²) in [5.41, 5.74) is 5.68. The Balaban J connectivity index is 1.82. The minimum Gasteiger partial charge on any atom is -0.330 e. The van der Waals surface area contributed by atoms with Gasteiger partial charge in [-0.05, 0) is 64.0 Å². The molecule has 2 nitrogen and oxygen atoms in total. The normalized spacial score (nSPS) is 30.8. The van der Waals surface area contributed by atoms with Crippen LogP contribution in [0.5, 0.6) is 0 Å². The summed E-state index contributed by atoms with van der Waals surface area (Å²) in [7, 11) is 0. The summed E-state index contributed by atoms with van der Waals surface area (Å²) in [4.78, 5) is 2.75. The Morgan fingerprint density at radius 2 is 1.94 bits per heavy atom. The van der Waals surface area contributed by atoms with Gasteiger partial charge in [-0.25, -0.2) is 0 Å². The van der Waals surface area contributed by atoms with Crippen molar-refractivity contribution in [3.8, 4) is 0 Å². The Morgan fingerprint density at radius 3 is 2.62 bits per heavy atom. The maximum atomic E-state index is 5.68. The predicted molar refractivity (Wildman–Crippen MR) is 69.4 cm³/mol. The lowest BCUT2D eigenvalue weighted by molar-refractivity contribution is 0.0954. The van der Waals surface area contributed by atoms with Crippen LogP contribution in [0.25, 0.3) is 0 Å². The molecule has 0 aromatic rings. The van der Waals surface area contributed by atoms with Gasteiger partial charge in [0.2, 0.25) is 0 Å². The van der Waals surface area contributed by atoms with E-state index in [0.717, 1.165) is 24.4 Å². The van der Waals surface area contributed by atoms with Gasteiger partial charge < -0.3 is 10.6 Å². The number of rotatable bonds is 4. The summed E-state index contributed by atoms with van der Waals surface area (Å²) in [6, 6.07) is 0.822. The van der Waals surface area contributed by atoms with Gasteiger partial charge in [-0.2, -0.15) is 0 Å². The molecule has 0 aromatic carbocycles. The molecule has 0 amide bonds. The van der Waals surface area contributed by atoms with Crippen LogP contribution in [0.1, 0.15) is 51.9 Å². The van der Waals surface area contributed by atoms with E-state index < -0.39 is 0 Å². The van der Waals surface area contributed by atoms with Crippen molar-refractivity contribution in [1.29, 1.82) is 0 Å². The molecule has 0 radical (unpaired) electrons. The van der Waals surface area contributed by atoms with E-state index >= 15 is 0 Å². The summed E-state index contributed by atoms with van der Waals surface area (Å²) < 4.78 is 0. The SMILES string of the molecule is CC(C1CCCC1)N1CCCC(CCN)C1. The molecule has 1 saturated carbocycles. The third kappa shape index (κ3) is 2.98. The van der Waals surface area contributed by atoms with Crippen LogP contribution < -0.4 is 5.73 Å². The van der Waals surface area contributed by atoms with E-state index in [4.69, 9.17) is 5.73 Å². The van der Waals surface area contributed by atoms with Crippen molar-refractivity contribution in [2.45, 2.75) is 57.9 Å². The molecule has 2 rings (SSSR count). The topological polar surface area (TPSA) is 29.3 Å². The molecule has 94 valence electrons. The van der Waals surface area contributed by atoms with Gasteiger partial charge in [0.25, 0.3) is 0 Å². The molecule has 2 aliphatic rings. The van der Waals surface area contributed by atoms with Gasteiger partial charge >= 0.3 is 0 Å². The van der Waals surface area contributed by atoms with Crippen molar-refractivity contribution in [2.24, 2.45) is 17.6 Å². The van der Waals surface area contributed by atoms with Crippen LogP contribution in [-0.4, -0.2) is 30.6 Å². The number of hydrogen-bond donors (Lipinski definition) is 1. The van der Waals surface area contributed by atoms with Crippen molar-refractivity contribution >= 4 is 0 Å². The first-order chi connectivity index (χ1) is 7.81. The van der Waals surface area contributed by atoms with Crippen LogP contribution >= 0.6 is 0 Å². The number of piperidine rings is 1. The minimum atomic E-state index is 0.822. The van der Waals surface area contributed by atoms with Gasteiger partial charge in [0.15, 0.2) is 0 Å². The molecular formula is C14H28N2. The highest BCUT2D eigenvalue weighted by molar-refractivity contribution is 4.83. The molecule has 16 heavy (non-hydrogen) atoms. The standard InChI is InChI=1S/C14H28N2/c1-12(14-6-2-3-7-14)16-10-4-5-13(11-16)8-9-15/h12-14H,2-11,15H2,1H3. The lowest BCUT2D eigenvalue weighted by Gasteiger charge is -2.39. The molecule has 0 aromatic heterocycles. The Kier molecular flexibility index (Phi) is 4.66. The van der Waals surface area contributed by atoms with Crippen LogP contribution in [-0.2, 0) is 0 Å². The van der Waals surface area contributed by atoms with Crippen LogP contribution in [0.3, 0.4) is 0 Å². The summed E-state index contributed by atoms with van der Waals surface area (Å²) in [5, 5.41) is 0. The van der Waals surface area contributed by atoms with E-state index in [1.54, 1.807) is 0 Å². The van der Waals surface area contributed by atoms with E-state index in [1.807, 2.05) is 0 Å². The molecule has 2 fully saturated rings. The highest BCUT2D eigenvalue weighted by Gasteiger charge is 2.29. The molecule has 1 heterocycles. The molecule has 1 aliphatic carbocycles. The van der Waals surface area contributed by atoms with Crippen molar-refractivity contribution in [3.63, 3.8) is 0 Å². The highest BCUT2D eigenvalue weighted by Crippen LogP contribution is 2.32. The maximum absolute atomic E-state index is 5.68. The average molecular weight is 224 g/mol. The second-order valence-corrected chi connectivity index (χ2v) is 5.87. The van der Waals surface area contributed by atoms with Gasteiger partial charge in [-0.3, -0.25) is 0 Å². The predicted octanol–water partition coefficient (Wildman–Crippen LogP) is 2.63. The molecule has 2 N–H and O–H groups in total. The van der Waals surface area contributed by atoms with Crippen LogP contribution in [0.4, 0.5) is 0 Å². The Morgan fingerprint density at radius 1 is 1.19 bits per heavy atom. The van der Waals surface area contributed by atoms with Gasteiger partial charge in [0.1, 0.15) is 0 Å². The molecule has 0 bridgehead atoms. The molecule has 2 heteroatoms. The molecule has 1 saturated heterocycles. The van der Waals surface area contributed by atoms with Crippen LogP contribution in [0.15, 0.2) is 0 Å². The van der Waals surface area contributed by atoms with Crippen molar-refractivity contribution in [2.75, 3.05) is 19.6 Å². The zero-order valence-electron chi connectivity index (χ0n) is 10.8. The highest BCUT2D eigenvalue weighted by atomic mass is 15.2. The number of hydrogen-bond acceptors (Lipinski definition) is 2. The molecule has 1 aliphatic heterocycles. The number of nitrogens with zero attached hydrogens (tertiary/aromatic N) is 1. The summed E-state index contributed by atoms with van der Waals surface area (Å²) in [6.45, 7) is 5.98. The fourth-order valence-corrected chi connectivity index (χ4v) is 3.68. The van der Waals surface area contributed by atoms with Crippen molar-refractivity contribution < 1.29 is 0 Å². The van der Waals surface area contributed by atoms with Crippen molar-refractivity contribution in [1.82, 2.24) is 4.90 Å². The third-order valence-electron chi connectivity index (χ3n) is 4.78. The second-order valence-electron chi connectivity index (χ2n) is 5.87. The summed E-state index contributed by atoms with van der Waals surface area (Å²) >= 11 is 0. The van der Waals surface area contributed by atoms with E-state index in [9.17, 15) is 0 Å². The largest absolute Gasteiger partial charge is 0.330 e. The zero-order valence-corrected chi connectivity index (χ0v) is 10.8.